The zero-order valence-electron chi connectivity index (χ0n) is 9.57. The molecule has 1 aromatic carbocycles. The van der Waals surface area contributed by atoms with Crippen LogP contribution in [0.1, 0.15) is 6.92 Å². The number of nitrogen functional groups attached to an aromatic ring is 1. The molecule has 2 aromatic rings. The van der Waals surface area contributed by atoms with Crippen LogP contribution in [-0.4, -0.2) is 11.0 Å². The standard InChI is InChI=1S/C13H14FN3/c1-3-8(2)17-13-10(14)7-11(15)9-5-4-6-16-12(9)13/h3-8,17H,1,15H2,2H3. The lowest BCUT2D eigenvalue weighted by molar-refractivity contribution is 0.631. The number of anilines is 2. The van der Waals surface area contributed by atoms with Crippen molar-refractivity contribution in [1.82, 2.24) is 4.98 Å². The summed E-state index contributed by atoms with van der Waals surface area (Å²) in [7, 11) is 0. The minimum atomic E-state index is -0.401. The van der Waals surface area contributed by atoms with E-state index in [4.69, 9.17) is 5.73 Å². The Morgan fingerprint density at radius 2 is 2.35 bits per heavy atom. The normalized spacial score (nSPS) is 12.4. The van der Waals surface area contributed by atoms with Gasteiger partial charge in [-0.05, 0) is 25.1 Å². The van der Waals surface area contributed by atoms with E-state index >= 15 is 0 Å². The van der Waals surface area contributed by atoms with Gasteiger partial charge in [-0.3, -0.25) is 4.98 Å². The van der Waals surface area contributed by atoms with E-state index < -0.39 is 5.82 Å². The van der Waals surface area contributed by atoms with E-state index in [-0.39, 0.29) is 6.04 Å². The molecule has 0 aliphatic heterocycles. The average molecular weight is 231 g/mol. The highest BCUT2D eigenvalue weighted by molar-refractivity contribution is 5.98. The summed E-state index contributed by atoms with van der Waals surface area (Å²) in [6, 6.07) is 4.86. The van der Waals surface area contributed by atoms with E-state index in [2.05, 4.69) is 16.9 Å². The molecule has 0 saturated heterocycles. The first-order valence-corrected chi connectivity index (χ1v) is 5.35. The van der Waals surface area contributed by atoms with Crippen LogP contribution in [0.25, 0.3) is 10.9 Å². The molecule has 0 saturated carbocycles. The summed E-state index contributed by atoms with van der Waals surface area (Å²) in [5, 5.41) is 3.76. The lowest BCUT2D eigenvalue weighted by atomic mass is 10.1. The Hall–Kier alpha value is -2.10. The van der Waals surface area contributed by atoms with Crippen LogP contribution in [0.15, 0.2) is 37.1 Å². The van der Waals surface area contributed by atoms with Gasteiger partial charge in [0.2, 0.25) is 0 Å². The molecule has 1 heterocycles. The number of nitrogens with two attached hydrogens (primary N) is 1. The highest BCUT2D eigenvalue weighted by Crippen LogP contribution is 2.29. The molecular weight excluding hydrogens is 217 g/mol. The van der Waals surface area contributed by atoms with E-state index in [0.29, 0.717) is 16.9 Å². The maximum atomic E-state index is 13.9. The number of nitrogens with zero attached hydrogens (tertiary/aromatic N) is 1. The van der Waals surface area contributed by atoms with Gasteiger partial charge < -0.3 is 11.1 Å². The van der Waals surface area contributed by atoms with Crippen molar-refractivity contribution < 1.29 is 4.39 Å². The van der Waals surface area contributed by atoms with Crippen molar-refractivity contribution in [2.45, 2.75) is 13.0 Å². The van der Waals surface area contributed by atoms with Crippen LogP contribution in [0, 0.1) is 5.82 Å². The number of halogens is 1. The number of fused-ring (bicyclic) bond motifs is 1. The topological polar surface area (TPSA) is 50.9 Å². The number of pyridine rings is 1. The molecule has 2 rings (SSSR count). The van der Waals surface area contributed by atoms with Crippen LogP contribution in [0.3, 0.4) is 0 Å². The van der Waals surface area contributed by atoms with Crippen molar-refractivity contribution in [1.29, 1.82) is 0 Å². The van der Waals surface area contributed by atoms with Crippen molar-refractivity contribution in [3.8, 4) is 0 Å². The monoisotopic (exact) mass is 231 g/mol. The Balaban J connectivity index is 2.64. The molecule has 17 heavy (non-hydrogen) atoms. The molecule has 0 aliphatic carbocycles. The maximum absolute atomic E-state index is 13.9. The van der Waals surface area contributed by atoms with Crippen LogP contribution in [0.5, 0.6) is 0 Å². The van der Waals surface area contributed by atoms with Crippen LogP contribution < -0.4 is 11.1 Å². The van der Waals surface area contributed by atoms with Crippen molar-refractivity contribution in [2.24, 2.45) is 0 Å². The molecule has 0 bridgehead atoms. The first-order valence-electron chi connectivity index (χ1n) is 5.35. The van der Waals surface area contributed by atoms with E-state index in [1.54, 1.807) is 18.3 Å². The molecule has 0 radical (unpaired) electrons. The summed E-state index contributed by atoms with van der Waals surface area (Å²) in [4.78, 5) is 4.17. The second-order valence-electron chi connectivity index (χ2n) is 3.89. The Morgan fingerprint density at radius 3 is 3.06 bits per heavy atom. The zero-order chi connectivity index (χ0) is 12.4. The molecule has 3 nitrogen and oxygen atoms in total. The third-order valence-electron chi connectivity index (χ3n) is 2.60. The number of benzene rings is 1. The Labute approximate surface area is 99.2 Å². The zero-order valence-corrected chi connectivity index (χ0v) is 9.57. The largest absolute Gasteiger partial charge is 0.398 e. The predicted molar refractivity (Wildman–Crippen MR) is 69.4 cm³/mol. The highest BCUT2D eigenvalue weighted by atomic mass is 19.1. The summed E-state index contributed by atoms with van der Waals surface area (Å²) in [5.41, 5.74) is 7.06. The van der Waals surface area contributed by atoms with Crippen LogP contribution >= 0.6 is 0 Å². The van der Waals surface area contributed by atoms with E-state index in [1.165, 1.54) is 6.07 Å². The van der Waals surface area contributed by atoms with Gasteiger partial charge in [-0.15, -0.1) is 6.58 Å². The second-order valence-corrected chi connectivity index (χ2v) is 3.89. The van der Waals surface area contributed by atoms with E-state index in [1.807, 2.05) is 13.0 Å². The quantitative estimate of drug-likeness (QED) is 0.630. The molecule has 0 fully saturated rings. The van der Waals surface area contributed by atoms with Crippen LogP contribution in [-0.2, 0) is 0 Å². The Bertz CT molecular complexity index is 566. The van der Waals surface area contributed by atoms with Gasteiger partial charge in [0.1, 0.15) is 0 Å². The van der Waals surface area contributed by atoms with Gasteiger partial charge in [0.05, 0.1) is 11.2 Å². The fourth-order valence-electron chi connectivity index (χ4n) is 1.66. The number of aromatic nitrogens is 1. The van der Waals surface area contributed by atoms with Crippen molar-refractivity contribution >= 4 is 22.3 Å². The molecule has 1 aromatic heterocycles. The number of rotatable bonds is 3. The summed E-state index contributed by atoms with van der Waals surface area (Å²) >= 11 is 0. The minimum absolute atomic E-state index is 0.0432. The summed E-state index contributed by atoms with van der Waals surface area (Å²) in [6.45, 7) is 5.54. The molecule has 4 heteroatoms. The van der Waals surface area contributed by atoms with Gasteiger partial charge in [-0.1, -0.05) is 6.08 Å². The van der Waals surface area contributed by atoms with Gasteiger partial charge in [-0.25, -0.2) is 4.39 Å². The number of hydrogen-bond donors (Lipinski definition) is 2. The molecule has 0 amide bonds. The van der Waals surface area contributed by atoms with Crippen molar-refractivity contribution in [3.63, 3.8) is 0 Å². The van der Waals surface area contributed by atoms with E-state index in [0.717, 1.165) is 5.39 Å². The molecule has 3 N–H and O–H groups in total. The number of nitrogens with one attached hydrogen (secondary N) is 1. The lowest BCUT2D eigenvalue weighted by Gasteiger charge is -2.14. The SMILES string of the molecule is C=CC(C)Nc1c(F)cc(N)c2cccnc12. The van der Waals surface area contributed by atoms with Gasteiger partial charge in [-0.2, -0.15) is 0 Å². The molecule has 0 spiro atoms. The smallest absolute Gasteiger partial charge is 0.150 e. The molecule has 88 valence electrons. The fourth-order valence-corrected chi connectivity index (χ4v) is 1.66. The van der Waals surface area contributed by atoms with Gasteiger partial charge in [0, 0.05) is 23.3 Å². The summed E-state index contributed by atoms with van der Waals surface area (Å²) < 4.78 is 13.9. The van der Waals surface area contributed by atoms with Gasteiger partial charge in [0.25, 0.3) is 0 Å². The van der Waals surface area contributed by atoms with Gasteiger partial charge >= 0.3 is 0 Å². The third-order valence-corrected chi connectivity index (χ3v) is 2.60. The Kier molecular flexibility index (Phi) is 2.95. The minimum Gasteiger partial charge on any atom is -0.398 e. The average Bonchev–Trinajstić information content (AvgIpc) is 2.34. The van der Waals surface area contributed by atoms with Crippen molar-refractivity contribution in [2.75, 3.05) is 11.1 Å². The third kappa shape index (κ3) is 2.06. The maximum Gasteiger partial charge on any atom is 0.150 e. The fraction of sp³-hybridized carbons (Fsp3) is 0.154. The predicted octanol–water partition coefficient (Wildman–Crippen LogP) is 2.94. The molecule has 0 aliphatic rings. The van der Waals surface area contributed by atoms with E-state index in [9.17, 15) is 4.39 Å². The Morgan fingerprint density at radius 1 is 1.59 bits per heavy atom. The lowest BCUT2D eigenvalue weighted by Crippen LogP contribution is -2.13. The highest BCUT2D eigenvalue weighted by Gasteiger charge is 2.12. The van der Waals surface area contributed by atoms with Crippen LogP contribution in [0.4, 0.5) is 15.8 Å². The second kappa shape index (κ2) is 4.41. The molecule has 1 unspecified atom stereocenters. The molecule has 1 atom stereocenters. The summed E-state index contributed by atoms with van der Waals surface area (Å²) in [6.07, 6.45) is 3.32. The van der Waals surface area contributed by atoms with Crippen LogP contribution in [0.2, 0.25) is 0 Å². The summed E-state index contributed by atoms with van der Waals surface area (Å²) in [5.74, 6) is -0.401. The molecular formula is C13H14FN3. The number of hydrogen-bond acceptors (Lipinski definition) is 3. The first kappa shape index (κ1) is 11.4. The van der Waals surface area contributed by atoms with Gasteiger partial charge in [0.15, 0.2) is 5.82 Å². The van der Waals surface area contributed by atoms with Crippen molar-refractivity contribution in [3.05, 3.63) is 42.9 Å². The first-order chi connectivity index (χ1) is 8.13.